The SMILES string of the molecule is COc1ccc2c(COC(=O)c3cn(C)c4ccccc34)cc(=O)oc2c1. The van der Waals surface area contributed by atoms with Crippen LogP contribution in [0.15, 0.2) is 63.9 Å². The number of aromatic nitrogens is 1. The van der Waals surface area contributed by atoms with E-state index in [4.69, 9.17) is 13.9 Å². The molecule has 6 nitrogen and oxygen atoms in total. The Morgan fingerprint density at radius 3 is 2.74 bits per heavy atom. The molecule has 2 heterocycles. The van der Waals surface area contributed by atoms with Crippen LogP contribution in [0.25, 0.3) is 21.9 Å². The van der Waals surface area contributed by atoms with Crippen molar-refractivity contribution in [3.63, 3.8) is 0 Å². The fourth-order valence-corrected chi connectivity index (χ4v) is 3.18. The number of esters is 1. The lowest BCUT2D eigenvalue weighted by molar-refractivity contribution is 0.0476. The number of hydrogen-bond donors (Lipinski definition) is 0. The summed E-state index contributed by atoms with van der Waals surface area (Å²) in [4.78, 5) is 24.5. The molecule has 2 aromatic heterocycles. The van der Waals surface area contributed by atoms with Gasteiger partial charge in [0.1, 0.15) is 17.9 Å². The number of rotatable bonds is 4. The van der Waals surface area contributed by atoms with Crippen LogP contribution in [0.3, 0.4) is 0 Å². The molecule has 0 atom stereocenters. The van der Waals surface area contributed by atoms with Gasteiger partial charge in [-0.1, -0.05) is 18.2 Å². The Balaban J connectivity index is 1.65. The summed E-state index contributed by atoms with van der Waals surface area (Å²) in [6, 6.07) is 14.1. The van der Waals surface area contributed by atoms with Crippen molar-refractivity contribution in [3.8, 4) is 5.75 Å². The predicted octanol–water partition coefficient (Wildman–Crippen LogP) is 3.65. The third-order valence-corrected chi connectivity index (χ3v) is 4.51. The van der Waals surface area contributed by atoms with Gasteiger partial charge in [0.15, 0.2) is 0 Å². The molecular weight excluding hydrogens is 346 g/mol. The first-order valence-corrected chi connectivity index (χ1v) is 8.39. The van der Waals surface area contributed by atoms with Crippen molar-refractivity contribution in [3.05, 3.63) is 76.3 Å². The topological polar surface area (TPSA) is 70.7 Å². The molecule has 0 saturated heterocycles. The van der Waals surface area contributed by atoms with Gasteiger partial charge in [-0.25, -0.2) is 9.59 Å². The van der Waals surface area contributed by atoms with Gasteiger partial charge in [-0.3, -0.25) is 0 Å². The largest absolute Gasteiger partial charge is 0.497 e. The van der Waals surface area contributed by atoms with Gasteiger partial charge in [-0.15, -0.1) is 0 Å². The first kappa shape index (κ1) is 16.9. The second-order valence-corrected chi connectivity index (χ2v) is 6.20. The lowest BCUT2D eigenvalue weighted by Gasteiger charge is -2.08. The highest BCUT2D eigenvalue weighted by molar-refractivity contribution is 6.04. The average molecular weight is 363 g/mol. The van der Waals surface area contributed by atoms with Crippen LogP contribution in [-0.4, -0.2) is 17.6 Å². The molecule has 6 heteroatoms. The summed E-state index contributed by atoms with van der Waals surface area (Å²) in [6.45, 7) is -0.0313. The lowest BCUT2D eigenvalue weighted by Crippen LogP contribution is -2.07. The molecule has 0 amide bonds. The van der Waals surface area contributed by atoms with Crippen LogP contribution in [0.4, 0.5) is 0 Å². The van der Waals surface area contributed by atoms with Crippen molar-refractivity contribution in [1.82, 2.24) is 4.57 Å². The van der Waals surface area contributed by atoms with Crippen LogP contribution in [0.1, 0.15) is 15.9 Å². The normalized spacial score (nSPS) is 11.0. The van der Waals surface area contributed by atoms with Crippen LogP contribution >= 0.6 is 0 Å². The maximum absolute atomic E-state index is 12.6. The van der Waals surface area contributed by atoms with E-state index in [1.165, 1.54) is 13.2 Å². The monoisotopic (exact) mass is 363 g/mol. The molecule has 0 unspecified atom stereocenters. The number of aryl methyl sites for hydroxylation is 1. The smallest absolute Gasteiger partial charge is 0.340 e. The van der Waals surface area contributed by atoms with Gasteiger partial charge >= 0.3 is 11.6 Å². The fraction of sp³-hybridized carbons (Fsp3) is 0.143. The Morgan fingerprint density at radius 2 is 1.93 bits per heavy atom. The number of carbonyl (C=O) groups excluding carboxylic acids is 1. The van der Waals surface area contributed by atoms with E-state index < -0.39 is 11.6 Å². The second kappa shape index (κ2) is 6.64. The summed E-state index contributed by atoms with van der Waals surface area (Å²) in [5, 5.41) is 1.52. The van der Waals surface area contributed by atoms with Crippen molar-refractivity contribution >= 4 is 27.8 Å². The Labute approximate surface area is 154 Å². The van der Waals surface area contributed by atoms with Crippen molar-refractivity contribution in [2.24, 2.45) is 7.05 Å². The number of para-hydroxylation sites is 1. The number of nitrogens with zero attached hydrogens (tertiary/aromatic N) is 1. The molecule has 4 aromatic rings. The summed E-state index contributed by atoms with van der Waals surface area (Å²) < 4.78 is 17.7. The van der Waals surface area contributed by atoms with E-state index in [1.807, 2.05) is 35.9 Å². The third-order valence-electron chi connectivity index (χ3n) is 4.51. The van der Waals surface area contributed by atoms with E-state index in [0.717, 1.165) is 10.9 Å². The van der Waals surface area contributed by atoms with Crippen LogP contribution in [-0.2, 0) is 18.4 Å². The summed E-state index contributed by atoms with van der Waals surface area (Å²) in [5.41, 5.74) is 1.90. The lowest BCUT2D eigenvalue weighted by atomic mass is 10.1. The number of ether oxygens (including phenoxy) is 2. The van der Waals surface area contributed by atoms with Gasteiger partial charge in [0.25, 0.3) is 0 Å². The Kier molecular flexibility index (Phi) is 4.16. The molecule has 2 aromatic carbocycles. The molecule has 0 aliphatic heterocycles. The van der Waals surface area contributed by atoms with Crippen molar-refractivity contribution in [2.75, 3.05) is 7.11 Å². The van der Waals surface area contributed by atoms with Gasteiger partial charge in [-0.2, -0.15) is 0 Å². The van der Waals surface area contributed by atoms with Crippen LogP contribution < -0.4 is 10.4 Å². The molecule has 0 bridgehead atoms. The number of fused-ring (bicyclic) bond motifs is 2. The number of methoxy groups -OCH3 is 1. The van der Waals surface area contributed by atoms with Gasteiger partial charge in [0.2, 0.25) is 0 Å². The van der Waals surface area contributed by atoms with E-state index in [2.05, 4.69) is 0 Å². The highest BCUT2D eigenvalue weighted by Gasteiger charge is 2.16. The van der Waals surface area contributed by atoms with Crippen LogP contribution in [0.2, 0.25) is 0 Å². The summed E-state index contributed by atoms with van der Waals surface area (Å²) in [6.07, 6.45) is 1.75. The maximum Gasteiger partial charge on any atom is 0.340 e. The predicted molar refractivity (Wildman–Crippen MR) is 101 cm³/mol. The van der Waals surface area contributed by atoms with Gasteiger partial charge in [0, 0.05) is 47.2 Å². The minimum absolute atomic E-state index is 0.0313. The average Bonchev–Trinajstić information content (AvgIpc) is 3.02. The summed E-state index contributed by atoms with van der Waals surface area (Å²) >= 11 is 0. The van der Waals surface area contributed by atoms with Crippen molar-refractivity contribution in [2.45, 2.75) is 6.61 Å². The van der Waals surface area contributed by atoms with Crippen LogP contribution in [0.5, 0.6) is 5.75 Å². The molecule has 0 fully saturated rings. The molecule has 27 heavy (non-hydrogen) atoms. The Morgan fingerprint density at radius 1 is 1.11 bits per heavy atom. The van der Waals surface area contributed by atoms with Gasteiger partial charge in [0.05, 0.1) is 12.7 Å². The highest BCUT2D eigenvalue weighted by Crippen LogP contribution is 2.24. The quantitative estimate of drug-likeness (QED) is 0.409. The van der Waals surface area contributed by atoms with E-state index in [1.54, 1.807) is 24.4 Å². The minimum Gasteiger partial charge on any atom is -0.497 e. The third kappa shape index (κ3) is 3.06. The first-order chi connectivity index (χ1) is 13.1. The molecule has 0 spiro atoms. The van der Waals surface area contributed by atoms with Crippen molar-refractivity contribution < 1.29 is 18.7 Å². The molecule has 0 N–H and O–H groups in total. The van der Waals surface area contributed by atoms with Gasteiger partial charge in [-0.05, 0) is 18.2 Å². The zero-order valence-electron chi connectivity index (χ0n) is 14.9. The van der Waals surface area contributed by atoms with E-state index in [0.29, 0.717) is 27.8 Å². The van der Waals surface area contributed by atoms with Crippen molar-refractivity contribution in [1.29, 1.82) is 0 Å². The fourth-order valence-electron chi connectivity index (χ4n) is 3.18. The maximum atomic E-state index is 12.6. The molecule has 0 radical (unpaired) electrons. The molecule has 0 saturated carbocycles. The number of benzene rings is 2. The number of hydrogen-bond acceptors (Lipinski definition) is 5. The first-order valence-electron chi connectivity index (χ1n) is 8.39. The standard InChI is InChI=1S/C21H17NO5/c1-22-11-17(16-5-3-4-6-18(16)22)21(24)26-12-13-9-20(23)27-19-10-14(25-2)7-8-15(13)19/h3-11H,12H2,1-2H3. The van der Waals surface area contributed by atoms with E-state index in [-0.39, 0.29) is 6.61 Å². The molecule has 4 rings (SSSR count). The Bertz CT molecular complexity index is 1220. The van der Waals surface area contributed by atoms with Crippen LogP contribution in [0, 0.1) is 0 Å². The highest BCUT2D eigenvalue weighted by atomic mass is 16.5. The van der Waals surface area contributed by atoms with E-state index in [9.17, 15) is 9.59 Å². The van der Waals surface area contributed by atoms with E-state index >= 15 is 0 Å². The molecule has 136 valence electrons. The molecular formula is C21H17NO5. The minimum atomic E-state index is -0.507. The Hall–Kier alpha value is -3.54. The molecule has 0 aliphatic carbocycles. The zero-order chi connectivity index (χ0) is 19.0. The summed E-state index contributed by atoms with van der Waals surface area (Å²) in [5.74, 6) is 0.136. The molecule has 0 aliphatic rings. The van der Waals surface area contributed by atoms with Gasteiger partial charge < -0.3 is 18.5 Å². The second-order valence-electron chi connectivity index (χ2n) is 6.20. The zero-order valence-corrected chi connectivity index (χ0v) is 14.9. The number of carbonyl (C=O) groups is 1. The summed E-state index contributed by atoms with van der Waals surface area (Å²) in [7, 11) is 3.41.